The summed E-state index contributed by atoms with van der Waals surface area (Å²) in [6.07, 6.45) is 6.81. The van der Waals surface area contributed by atoms with Gasteiger partial charge in [-0.25, -0.2) is 19.5 Å². The van der Waals surface area contributed by atoms with Gasteiger partial charge in [0.15, 0.2) is 11.5 Å². The summed E-state index contributed by atoms with van der Waals surface area (Å²) in [5.41, 5.74) is 3.23. The molecule has 2 aliphatic carbocycles. The van der Waals surface area contributed by atoms with E-state index in [2.05, 4.69) is 42.9 Å². The third-order valence-corrected chi connectivity index (χ3v) is 6.43. The lowest BCUT2D eigenvalue weighted by Gasteiger charge is -2.07. The second-order valence-corrected chi connectivity index (χ2v) is 9.14. The predicted molar refractivity (Wildman–Crippen MR) is 125 cm³/mol. The highest BCUT2D eigenvalue weighted by atomic mass is 35.5. The summed E-state index contributed by atoms with van der Waals surface area (Å²) in [5.74, 6) is 2.49. The summed E-state index contributed by atoms with van der Waals surface area (Å²) in [6.45, 7) is 0.421. The molecule has 1 aromatic carbocycles. The smallest absolute Gasteiger partial charge is 0.229 e. The average molecular weight is 460 g/mol. The standard InChI is InChI=1S/C24H22ClN7O/c25-17-3-1-2-15(8-17)18-9-19(18)24(33)30-21-10-20(27-13-28-21)26-11-22-29-23-7-6-16(14-4-5-14)12-32(23)31-22/h1-3,6-8,10,12-14,18-19H,4-5,9,11H2,(H2,26,27,28,30,33)/t18-,19+/m1/s1. The summed E-state index contributed by atoms with van der Waals surface area (Å²) in [7, 11) is 0. The number of carbonyl (C=O) groups is 1. The molecule has 4 aromatic rings. The number of fused-ring (bicyclic) bond motifs is 1. The van der Waals surface area contributed by atoms with Gasteiger partial charge in [-0.3, -0.25) is 4.79 Å². The predicted octanol–water partition coefficient (Wildman–Crippen LogP) is 4.40. The Bertz CT molecular complexity index is 1350. The Morgan fingerprint density at radius 1 is 1.09 bits per heavy atom. The molecule has 3 heterocycles. The average Bonchev–Trinajstić information content (AvgIpc) is 3.74. The second-order valence-electron chi connectivity index (χ2n) is 8.70. The van der Waals surface area contributed by atoms with E-state index in [0.717, 1.165) is 17.6 Å². The molecule has 0 unspecified atom stereocenters. The van der Waals surface area contributed by atoms with Gasteiger partial charge in [0.05, 0.1) is 6.54 Å². The number of amides is 1. The zero-order chi connectivity index (χ0) is 22.4. The van der Waals surface area contributed by atoms with Crippen molar-refractivity contribution in [1.82, 2.24) is 24.6 Å². The molecule has 6 rings (SSSR count). The summed E-state index contributed by atoms with van der Waals surface area (Å²) < 4.78 is 1.84. The number of nitrogens with zero attached hydrogens (tertiary/aromatic N) is 5. The molecule has 2 N–H and O–H groups in total. The normalized spacial score (nSPS) is 19.4. The Morgan fingerprint density at radius 2 is 1.97 bits per heavy atom. The highest BCUT2D eigenvalue weighted by Gasteiger charge is 2.44. The van der Waals surface area contributed by atoms with Crippen molar-refractivity contribution in [3.05, 3.63) is 77.0 Å². The molecule has 8 nitrogen and oxygen atoms in total. The van der Waals surface area contributed by atoms with Crippen LogP contribution in [0.2, 0.25) is 5.02 Å². The lowest BCUT2D eigenvalue weighted by molar-refractivity contribution is -0.117. The first-order valence-electron chi connectivity index (χ1n) is 11.1. The maximum Gasteiger partial charge on any atom is 0.229 e. The Morgan fingerprint density at radius 3 is 2.82 bits per heavy atom. The number of nitrogens with one attached hydrogen (secondary N) is 2. The van der Waals surface area contributed by atoms with Crippen LogP contribution in [0.4, 0.5) is 11.6 Å². The van der Waals surface area contributed by atoms with Crippen LogP contribution in [-0.2, 0) is 11.3 Å². The molecule has 1 amide bonds. The topological polar surface area (TPSA) is 97.1 Å². The van der Waals surface area contributed by atoms with Crippen LogP contribution in [0.25, 0.3) is 5.65 Å². The van der Waals surface area contributed by atoms with Gasteiger partial charge in [0.25, 0.3) is 0 Å². The van der Waals surface area contributed by atoms with E-state index in [-0.39, 0.29) is 17.7 Å². The van der Waals surface area contributed by atoms with E-state index in [1.54, 1.807) is 6.07 Å². The van der Waals surface area contributed by atoms with Crippen LogP contribution < -0.4 is 10.6 Å². The second kappa shape index (κ2) is 8.12. The highest BCUT2D eigenvalue weighted by molar-refractivity contribution is 6.30. The van der Waals surface area contributed by atoms with Crippen LogP contribution >= 0.6 is 11.6 Å². The first-order chi connectivity index (χ1) is 16.1. The minimum atomic E-state index is -0.0717. The van der Waals surface area contributed by atoms with Crippen molar-refractivity contribution < 1.29 is 4.79 Å². The van der Waals surface area contributed by atoms with E-state index < -0.39 is 0 Å². The van der Waals surface area contributed by atoms with E-state index >= 15 is 0 Å². The van der Waals surface area contributed by atoms with Gasteiger partial charge in [0, 0.05) is 23.2 Å². The fourth-order valence-corrected chi connectivity index (χ4v) is 4.38. The third kappa shape index (κ3) is 4.39. The largest absolute Gasteiger partial charge is 0.363 e. The summed E-state index contributed by atoms with van der Waals surface area (Å²) in [6, 6.07) is 13.5. The van der Waals surface area contributed by atoms with Crippen LogP contribution in [0.3, 0.4) is 0 Å². The lowest BCUT2D eigenvalue weighted by atomic mass is 10.1. The number of hydrogen-bond acceptors (Lipinski definition) is 6. The molecule has 33 heavy (non-hydrogen) atoms. The first kappa shape index (κ1) is 20.1. The Kier molecular flexibility index (Phi) is 4.95. The minimum absolute atomic E-state index is 0.0434. The van der Waals surface area contributed by atoms with Gasteiger partial charge < -0.3 is 10.6 Å². The zero-order valence-electron chi connectivity index (χ0n) is 17.8. The minimum Gasteiger partial charge on any atom is -0.363 e. The molecule has 2 atom stereocenters. The van der Waals surface area contributed by atoms with E-state index in [4.69, 9.17) is 11.6 Å². The van der Waals surface area contributed by atoms with Crippen molar-refractivity contribution in [2.24, 2.45) is 5.92 Å². The van der Waals surface area contributed by atoms with Gasteiger partial charge in [-0.15, -0.1) is 5.10 Å². The highest BCUT2D eigenvalue weighted by Crippen LogP contribution is 2.48. The third-order valence-electron chi connectivity index (χ3n) is 6.20. The number of hydrogen-bond donors (Lipinski definition) is 2. The zero-order valence-corrected chi connectivity index (χ0v) is 18.5. The van der Waals surface area contributed by atoms with E-state index in [0.29, 0.717) is 34.9 Å². The number of benzene rings is 1. The summed E-state index contributed by atoms with van der Waals surface area (Å²) in [4.78, 5) is 25.7. The maximum atomic E-state index is 12.7. The summed E-state index contributed by atoms with van der Waals surface area (Å²) in [5, 5.41) is 11.4. The number of rotatable bonds is 7. The molecule has 166 valence electrons. The SMILES string of the molecule is O=C(Nc1cc(NCc2nc3ccc(C4CC4)cn3n2)ncn1)[C@H]1C[C@@H]1c1cccc(Cl)c1. The molecular weight excluding hydrogens is 438 g/mol. The van der Waals surface area contributed by atoms with Gasteiger partial charge in [0.2, 0.25) is 5.91 Å². The van der Waals surface area contributed by atoms with E-state index in [1.807, 2.05) is 34.8 Å². The van der Waals surface area contributed by atoms with E-state index in [9.17, 15) is 4.79 Å². The van der Waals surface area contributed by atoms with Crippen molar-refractivity contribution in [3.8, 4) is 0 Å². The van der Waals surface area contributed by atoms with Gasteiger partial charge in [-0.2, -0.15) is 0 Å². The van der Waals surface area contributed by atoms with E-state index in [1.165, 1.54) is 24.7 Å². The van der Waals surface area contributed by atoms with Gasteiger partial charge >= 0.3 is 0 Å². The molecule has 2 fully saturated rings. The molecule has 9 heteroatoms. The van der Waals surface area contributed by atoms with Crippen molar-refractivity contribution in [3.63, 3.8) is 0 Å². The van der Waals surface area contributed by atoms with Crippen molar-refractivity contribution in [1.29, 1.82) is 0 Å². The van der Waals surface area contributed by atoms with Crippen LogP contribution in [0.5, 0.6) is 0 Å². The molecule has 0 saturated heterocycles. The Balaban J connectivity index is 1.08. The molecule has 0 aliphatic heterocycles. The number of anilines is 2. The first-order valence-corrected chi connectivity index (χ1v) is 11.5. The summed E-state index contributed by atoms with van der Waals surface area (Å²) >= 11 is 6.08. The van der Waals surface area contributed by atoms with Crippen molar-refractivity contribution in [2.75, 3.05) is 10.6 Å². The number of carbonyl (C=O) groups excluding carboxylic acids is 1. The van der Waals surface area contributed by atoms with Crippen LogP contribution in [0, 0.1) is 5.92 Å². The number of halogens is 1. The molecule has 0 bridgehead atoms. The fraction of sp³-hybridized carbons (Fsp3) is 0.292. The van der Waals surface area contributed by atoms with Crippen LogP contribution in [-0.4, -0.2) is 30.5 Å². The molecule has 2 saturated carbocycles. The van der Waals surface area contributed by atoms with Gasteiger partial charge in [-0.05, 0) is 60.4 Å². The van der Waals surface area contributed by atoms with Crippen LogP contribution in [0.1, 0.15) is 48.0 Å². The lowest BCUT2D eigenvalue weighted by Crippen LogP contribution is -2.16. The molecular formula is C24H22ClN7O. The number of pyridine rings is 1. The van der Waals surface area contributed by atoms with Crippen LogP contribution in [0.15, 0.2) is 55.0 Å². The van der Waals surface area contributed by atoms with Gasteiger partial charge in [0.1, 0.15) is 18.0 Å². The molecule has 0 spiro atoms. The molecule has 0 radical (unpaired) electrons. The maximum absolute atomic E-state index is 12.7. The number of aromatic nitrogens is 5. The van der Waals surface area contributed by atoms with Crippen molar-refractivity contribution in [2.45, 2.75) is 37.6 Å². The quantitative estimate of drug-likeness (QED) is 0.425. The fourth-order valence-electron chi connectivity index (χ4n) is 4.18. The van der Waals surface area contributed by atoms with Crippen molar-refractivity contribution >= 4 is 34.8 Å². The monoisotopic (exact) mass is 459 g/mol. The Labute approximate surface area is 195 Å². The van der Waals surface area contributed by atoms with Gasteiger partial charge in [-0.1, -0.05) is 29.8 Å². The Hall–Kier alpha value is -3.52. The molecule has 3 aromatic heterocycles. The molecule has 2 aliphatic rings.